The van der Waals surface area contributed by atoms with E-state index in [9.17, 15) is 9.59 Å². The van der Waals surface area contributed by atoms with Crippen molar-refractivity contribution in [2.24, 2.45) is 16.9 Å². The first kappa shape index (κ1) is 19.5. The molecule has 0 radical (unpaired) electrons. The van der Waals surface area contributed by atoms with E-state index in [0.717, 1.165) is 36.1 Å². The minimum Gasteiger partial charge on any atom is -0.457 e. The zero-order chi connectivity index (χ0) is 21.6. The first-order valence-electron chi connectivity index (χ1n) is 10.3. The lowest BCUT2D eigenvalue weighted by Crippen LogP contribution is -2.38. The normalized spacial score (nSPS) is 21.7. The van der Waals surface area contributed by atoms with Crippen LogP contribution in [0.25, 0.3) is 10.9 Å². The quantitative estimate of drug-likeness (QED) is 0.598. The van der Waals surface area contributed by atoms with E-state index in [4.69, 9.17) is 20.9 Å². The van der Waals surface area contributed by atoms with E-state index in [2.05, 4.69) is 17.1 Å². The molecule has 3 aromatic rings. The molecule has 4 N–H and O–H groups in total. The molecule has 1 aromatic heterocycles. The lowest BCUT2D eigenvalue weighted by atomic mass is 9.97. The molecule has 2 aromatic carbocycles. The molecular weight excluding hydrogens is 394 g/mol. The molecule has 1 aliphatic heterocycles. The Balaban J connectivity index is 1.37. The molecular formula is C24H23N3O4. The highest BCUT2D eigenvalue weighted by Crippen LogP contribution is 2.59. The lowest BCUT2D eigenvalue weighted by Gasteiger charge is -2.13. The SMILES string of the molecule is NC(=O)C1(C(N)=O)CC1c1ccc(Oc2ccnc3cc([C@H]4CCOC4)ccc23)cc1. The van der Waals surface area contributed by atoms with Crippen LogP contribution in [0.1, 0.15) is 35.8 Å². The number of hydrogen-bond donors (Lipinski definition) is 2. The fraction of sp³-hybridized carbons (Fsp3) is 0.292. The van der Waals surface area contributed by atoms with Gasteiger partial charge in [-0.15, -0.1) is 0 Å². The monoisotopic (exact) mass is 417 g/mol. The van der Waals surface area contributed by atoms with Crippen molar-refractivity contribution >= 4 is 22.7 Å². The largest absolute Gasteiger partial charge is 0.457 e. The van der Waals surface area contributed by atoms with E-state index in [0.29, 0.717) is 23.8 Å². The van der Waals surface area contributed by atoms with E-state index < -0.39 is 17.2 Å². The van der Waals surface area contributed by atoms with Crippen LogP contribution < -0.4 is 16.2 Å². The summed E-state index contributed by atoms with van der Waals surface area (Å²) in [6, 6.07) is 15.4. The number of amides is 2. The topological polar surface area (TPSA) is 118 Å². The van der Waals surface area contributed by atoms with Gasteiger partial charge in [-0.25, -0.2) is 0 Å². The van der Waals surface area contributed by atoms with Crippen molar-refractivity contribution in [1.29, 1.82) is 0 Å². The Morgan fingerprint density at radius 2 is 1.77 bits per heavy atom. The molecule has 2 amide bonds. The van der Waals surface area contributed by atoms with E-state index in [1.807, 2.05) is 36.4 Å². The third-order valence-electron chi connectivity index (χ3n) is 6.48. The number of carbonyl (C=O) groups is 2. The number of hydrogen-bond acceptors (Lipinski definition) is 5. The summed E-state index contributed by atoms with van der Waals surface area (Å²) >= 11 is 0. The predicted octanol–water partition coefficient (Wildman–Crippen LogP) is 2.98. The van der Waals surface area contributed by atoms with Crippen LogP contribution in [0.3, 0.4) is 0 Å². The van der Waals surface area contributed by atoms with Crippen molar-refractivity contribution in [1.82, 2.24) is 4.98 Å². The molecule has 1 saturated heterocycles. The van der Waals surface area contributed by atoms with Crippen LogP contribution in [0.15, 0.2) is 54.7 Å². The van der Waals surface area contributed by atoms with Crippen molar-refractivity contribution < 1.29 is 19.1 Å². The highest BCUT2D eigenvalue weighted by atomic mass is 16.5. The molecule has 1 aliphatic carbocycles. The van der Waals surface area contributed by atoms with Crippen LogP contribution in [0.2, 0.25) is 0 Å². The van der Waals surface area contributed by atoms with E-state index >= 15 is 0 Å². The fourth-order valence-corrected chi connectivity index (χ4v) is 4.51. The first-order valence-corrected chi connectivity index (χ1v) is 10.3. The molecule has 7 heteroatoms. The van der Waals surface area contributed by atoms with Crippen LogP contribution in [-0.4, -0.2) is 30.0 Å². The molecule has 7 nitrogen and oxygen atoms in total. The van der Waals surface area contributed by atoms with Gasteiger partial charge in [0.2, 0.25) is 11.8 Å². The number of fused-ring (bicyclic) bond motifs is 1. The Bertz CT molecular complexity index is 1160. The Morgan fingerprint density at radius 1 is 1.03 bits per heavy atom. The van der Waals surface area contributed by atoms with Gasteiger partial charge in [0.1, 0.15) is 16.9 Å². The Morgan fingerprint density at radius 3 is 2.42 bits per heavy atom. The summed E-state index contributed by atoms with van der Waals surface area (Å²) in [6.45, 7) is 1.55. The number of carbonyl (C=O) groups excluding carboxylic acids is 2. The minimum atomic E-state index is -1.27. The summed E-state index contributed by atoms with van der Waals surface area (Å²) in [6.07, 6.45) is 3.11. The third kappa shape index (κ3) is 3.31. The van der Waals surface area contributed by atoms with Gasteiger partial charge in [-0.1, -0.05) is 18.2 Å². The highest BCUT2D eigenvalue weighted by molar-refractivity contribution is 6.08. The number of rotatable bonds is 6. The van der Waals surface area contributed by atoms with Crippen molar-refractivity contribution in [2.75, 3.05) is 13.2 Å². The van der Waals surface area contributed by atoms with Crippen molar-refractivity contribution in [3.8, 4) is 11.5 Å². The lowest BCUT2D eigenvalue weighted by molar-refractivity contribution is -0.133. The smallest absolute Gasteiger partial charge is 0.233 e. The third-order valence-corrected chi connectivity index (χ3v) is 6.48. The van der Waals surface area contributed by atoms with Crippen molar-refractivity contribution in [3.05, 3.63) is 65.9 Å². The van der Waals surface area contributed by atoms with Crippen LogP contribution >= 0.6 is 0 Å². The van der Waals surface area contributed by atoms with Crippen LogP contribution in [0.5, 0.6) is 11.5 Å². The maximum Gasteiger partial charge on any atom is 0.233 e. The van der Waals surface area contributed by atoms with E-state index in [1.165, 1.54) is 5.56 Å². The maximum atomic E-state index is 11.7. The number of benzene rings is 2. The molecule has 0 spiro atoms. The number of aromatic nitrogens is 1. The number of nitrogens with two attached hydrogens (primary N) is 2. The van der Waals surface area contributed by atoms with Gasteiger partial charge in [0.05, 0.1) is 12.1 Å². The molecule has 158 valence electrons. The number of pyridine rings is 1. The Kier molecular flexibility index (Phi) is 4.63. The van der Waals surface area contributed by atoms with E-state index in [-0.39, 0.29) is 5.92 Å². The molecule has 0 bridgehead atoms. The maximum absolute atomic E-state index is 11.7. The average molecular weight is 417 g/mol. The van der Waals surface area contributed by atoms with Crippen LogP contribution in [0, 0.1) is 5.41 Å². The second kappa shape index (κ2) is 7.35. The molecule has 5 rings (SSSR count). The fourth-order valence-electron chi connectivity index (χ4n) is 4.51. The molecule has 2 atom stereocenters. The summed E-state index contributed by atoms with van der Waals surface area (Å²) in [4.78, 5) is 28.0. The molecule has 2 aliphatic rings. The van der Waals surface area contributed by atoms with Gasteiger partial charge >= 0.3 is 0 Å². The zero-order valence-electron chi connectivity index (χ0n) is 16.9. The van der Waals surface area contributed by atoms with Gasteiger partial charge in [0.15, 0.2) is 0 Å². The summed E-state index contributed by atoms with van der Waals surface area (Å²) in [5.74, 6) is 0.153. The number of primary amides is 2. The average Bonchev–Trinajstić information content (AvgIpc) is 3.31. The first-order chi connectivity index (χ1) is 15.0. The molecule has 1 unspecified atom stereocenters. The standard InChI is InChI=1S/C24H23N3O4/c25-22(28)24(23(26)29)12-19(24)14-1-4-17(5-2-14)31-21-7-9-27-20-11-15(3-6-18(20)21)16-8-10-30-13-16/h1-7,9,11,16,19H,8,10,12-13H2,(H2,25,28)(H2,26,29)/t16-,19?/m0/s1. The van der Waals surface area contributed by atoms with Gasteiger partial charge < -0.3 is 20.9 Å². The van der Waals surface area contributed by atoms with E-state index in [1.54, 1.807) is 6.20 Å². The Hall–Kier alpha value is -3.45. The van der Waals surface area contributed by atoms with Crippen molar-refractivity contribution in [2.45, 2.75) is 24.7 Å². The molecule has 1 saturated carbocycles. The molecule has 31 heavy (non-hydrogen) atoms. The van der Waals surface area contributed by atoms with Crippen molar-refractivity contribution in [3.63, 3.8) is 0 Å². The number of nitrogens with zero attached hydrogens (tertiary/aromatic N) is 1. The summed E-state index contributed by atoms with van der Waals surface area (Å²) in [5, 5.41) is 0.929. The summed E-state index contributed by atoms with van der Waals surface area (Å²) in [5.41, 5.74) is 12.5. The van der Waals surface area contributed by atoms with Crippen LogP contribution in [0.4, 0.5) is 0 Å². The molecule has 2 fully saturated rings. The van der Waals surface area contributed by atoms with Gasteiger partial charge in [-0.05, 0) is 54.3 Å². The van der Waals surface area contributed by atoms with Gasteiger partial charge in [-0.3, -0.25) is 14.6 Å². The predicted molar refractivity (Wildman–Crippen MR) is 115 cm³/mol. The molecule has 2 heterocycles. The summed E-state index contributed by atoms with van der Waals surface area (Å²) < 4.78 is 11.6. The Labute approximate surface area is 179 Å². The second-order valence-electron chi connectivity index (χ2n) is 8.27. The second-order valence-corrected chi connectivity index (χ2v) is 8.27. The summed E-state index contributed by atoms with van der Waals surface area (Å²) in [7, 11) is 0. The van der Waals surface area contributed by atoms with Gasteiger partial charge in [-0.2, -0.15) is 0 Å². The van der Waals surface area contributed by atoms with Gasteiger partial charge in [0.25, 0.3) is 0 Å². The minimum absolute atomic E-state index is 0.281. The highest BCUT2D eigenvalue weighted by Gasteiger charge is 2.64. The van der Waals surface area contributed by atoms with Gasteiger partial charge in [0, 0.05) is 30.0 Å². The zero-order valence-corrected chi connectivity index (χ0v) is 16.9. The van der Waals surface area contributed by atoms with Crippen LogP contribution in [-0.2, 0) is 14.3 Å². The number of ether oxygens (including phenoxy) is 2.